The predicted molar refractivity (Wildman–Crippen MR) is 228 cm³/mol. The van der Waals surface area contributed by atoms with Gasteiger partial charge in [-0.15, -0.1) is 0 Å². The van der Waals surface area contributed by atoms with Crippen LogP contribution in [0.2, 0.25) is 0 Å². The molecule has 59 heavy (non-hydrogen) atoms. The van der Waals surface area contributed by atoms with Crippen molar-refractivity contribution in [1.82, 2.24) is 30.7 Å². The molecule has 0 aromatic heterocycles. The Kier molecular flexibility index (Phi) is 19.7. The standard InChI is InChI=1S/C44H76N6O9/c1-13-30(6)39(49(10)44(56)37(28(2)3)47-43(55)38(29(4)5)48(8)9)35(57-11)27-36(52)50-22-17-20-34(50)40(58-12)31(7)41(53)46-33(26-32-18-15-14-16-19-32)42(54)45-21-24-59-25-23-51/h14-16,18-19,28-31,33-35,37-40,51H,13,17,20-27H2,1-12H3,(H,45,54)(H,46,53)(H,47,55)/i21D2,24D2. The fraction of sp³-hybridized carbons (Fsp3) is 0.750. The second kappa shape index (κ2) is 25.9. The van der Waals surface area contributed by atoms with Gasteiger partial charge in [0.25, 0.3) is 0 Å². The molecule has 336 valence electrons. The van der Waals surface area contributed by atoms with E-state index in [2.05, 4.69) is 10.6 Å². The van der Waals surface area contributed by atoms with Gasteiger partial charge >= 0.3 is 0 Å². The van der Waals surface area contributed by atoms with Crippen molar-refractivity contribution < 1.29 is 48.8 Å². The van der Waals surface area contributed by atoms with Gasteiger partial charge in [-0.2, -0.15) is 0 Å². The van der Waals surface area contributed by atoms with E-state index in [-0.39, 0.29) is 48.3 Å². The molecule has 0 saturated carbocycles. The molecule has 0 radical (unpaired) electrons. The smallest absolute Gasteiger partial charge is 0.245 e. The van der Waals surface area contributed by atoms with Gasteiger partial charge in [0.05, 0.1) is 67.9 Å². The van der Waals surface area contributed by atoms with Crippen molar-refractivity contribution >= 4 is 29.5 Å². The van der Waals surface area contributed by atoms with E-state index >= 15 is 0 Å². The van der Waals surface area contributed by atoms with E-state index in [9.17, 15) is 24.0 Å². The summed E-state index contributed by atoms with van der Waals surface area (Å²) in [6, 6.07) is 5.04. The Morgan fingerprint density at radius 3 is 2.14 bits per heavy atom. The molecular weight excluding hydrogens is 757 g/mol. The van der Waals surface area contributed by atoms with Crippen molar-refractivity contribution in [3.8, 4) is 0 Å². The maximum atomic E-state index is 14.4. The number of benzene rings is 1. The van der Waals surface area contributed by atoms with E-state index in [0.29, 0.717) is 31.4 Å². The summed E-state index contributed by atoms with van der Waals surface area (Å²) in [7, 11) is 8.29. The van der Waals surface area contributed by atoms with Crippen molar-refractivity contribution in [2.75, 3.05) is 68.2 Å². The fourth-order valence-corrected chi connectivity index (χ4v) is 8.08. The minimum absolute atomic E-state index is 0.00389. The summed E-state index contributed by atoms with van der Waals surface area (Å²) < 4.78 is 49.4. The zero-order valence-electron chi connectivity index (χ0n) is 41.4. The van der Waals surface area contributed by atoms with Crippen molar-refractivity contribution in [2.24, 2.45) is 23.7 Å². The number of likely N-dealkylation sites (N-methyl/N-ethyl adjacent to an activating group) is 2. The Hall–Kier alpha value is -3.63. The first-order chi connectivity index (χ1) is 29.4. The molecule has 1 aliphatic heterocycles. The largest absolute Gasteiger partial charge is 0.394 e. The number of amides is 5. The molecule has 15 heteroatoms. The molecule has 2 rings (SSSR count). The van der Waals surface area contributed by atoms with Crippen molar-refractivity contribution in [3.63, 3.8) is 0 Å². The molecule has 0 spiro atoms. The summed E-state index contributed by atoms with van der Waals surface area (Å²) in [4.78, 5) is 75.0. The van der Waals surface area contributed by atoms with Crippen molar-refractivity contribution in [1.29, 1.82) is 0 Å². The lowest BCUT2D eigenvalue weighted by atomic mass is 9.89. The van der Waals surface area contributed by atoms with Crippen LogP contribution in [0.25, 0.3) is 0 Å². The number of likely N-dealkylation sites (tertiary alicyclic amines) is 1. The van der Waals surface area contributed by atoms with E-state index in [4.69, 9.17) is 24.8 Å². The summed E-state index contributed by atoms with van der Waals surface area (Å²) in [5, 5.41) is 16.9. The summed E-state index contributed by atoms with van der Waals surface area (Å²) in [5.74, 6) is -3.65. The summed E-state index contributed by atoms with van der Waals surface area (Å²) in [6.45, 7) is 6.52. The van der Waals surface area contributed by atoms with Crippen LogP contribution in [-0.2, 0) is 44.6 Å². The first kappa shape index (κ1) is 44.9. The van der Waals surface area contributed by atoms with Crippen molar-refractivity contribution in [2.45, 2.75) is 123 Å². The van der Waals surface area contributed by atoms with Crippen LogP contribution in [-0.4, -0.2) is 160 Å². The molecule has 9 unspecified atom stereocenters. The Bertz CT molecular complexity index is 1620. The molecule has 4 N–H and O–H groups in total. The molecule has 1 aromatic carbocycles. The lowest BCUT2D eigenvalue weighted by molar-refractivity contribution is -0.148. The topological polar surface area (TPSA) is 179 Å². The van der Waals surface area contributed by atoms with Crippen LogP contribution in [0.3, 0.4) is 0 Å². The molecule has 1 aliphatic rings. The van der Waals surface area contributed by atoms with Crippen molar-refractivity contribution in [3.05, 3.63) is 35.9 Å². The van der Waals surface area contributed by atoms with Gasteiger partial charge in [-0.3, -0.25) is 28.9 Å². The van der Waals surface area contributed by atoms with E-state index in [1.54, 1.807) is 54.1 Å². The number of aliphatic hydroxyl groups excluding tert-OH is 1. The van der Waals surface area contributed by atoms with E-state index in [0.717, 1.165) is 0 Å². The number of aliphatic hydroxyl groups is 1. The number of nitrogens with one attached hydrogen (secondary N) is 3. The highest BCUT2D eigenvalue weighted by molar-refractivity contribution is 5.90. The zero-order valence-corrected chi connectivity index (χ0v) is 37.4. The number of hydrogen-bond acceptors (Lipinski definition) is 10. The molecule has 5 amide bonds. The summed E-state index contributed by atoms with van der Waals surface area (Å²) in [6.07, 6.45) is 0.132. The van der Waals surface area contributed by atoms with Gasteiger partial charge < -0.3 is 45.1 Å². The van der Waals surface area contributed by atoms with Gasteiger partial charge in [-0.05, 0) is 50.3 Å². The first-order valence-corrected chi connectivity index (χ1v) is 20.9. The third-order valence-corrected chi connectivity index (χ3v) is 11.4. The SMILES string of the molecule is [2H]C([2H])(NC(=O)C(Cc1ccccc1)NC(=O)C(C)C(OC)C1CCCN1C(=O)CC(OC)C(C(C)CC)N(C)C(=O)C(NC(=O)C(C(C)C)N(C)C)C(C)C)C([2H])([2H])OCCO. The normalized spacial score (nSPS) is 19.9. The van der Waals surface area contributed by atoms with Crippen LogP contribution in [0.4, 0.5) is 0 Å². The molecule has 15 nitrogen and oxygen atoms in total. The first-order valence-electron chi connectivity index (χ1n) is 22.9. The van der Waals surface area contributed by atoms with Gasteiger partial charge in [0.2, 0.25) is 29.5 Å². The molecule has 1 aromatic rings. The minimum Gasteiger partial charge on any atom is -0.394 e. The van der Waals surface area contributed by atoms with Crippen LogP contribution in [0, 0.1) is 23.7 Å². The Morgan fingerprint density at radius 2 is 1.59 bits per heavy atom. The van der Waals surface area contributed by atoms with Gasteiger partial charge in [-0.25, -0.2) is 0 Å². The molecule has 0 bridgehead atoms. The monoisotopic (exact) mass is 837 g/mol. The van der Waals surface area contributed by atoms with E-state index in [1.807, 2.05) is 65.9 Å². The average Bonchev–Trinajstić information content (AvgIpc) is 3.70. The highest BCUT2D eigenvalue weighted by Crippen LogP contribution is 2.30. The van der Waals surface area contributed by atoms with Gasteiger partial charge in [0.1, 0.15) is 12.1 Å². The molecule has 1 fully saturated rings. The molecule has 9 atom stereocenters. The average molecular weight is 837 g/mol. The maximum absolute atomic E-state index is 14.4. The molecule has 1 saturated heterocycles. The zero-order chi connectivity index (χ0) is 48.0. The minimum atomic E-state index is -3.05. The molecular formula is C44H76N6O9. The molecule has 1 heterocycles. The van der Waals surface area contributed by atoms with Crippen LogP contribution >= 0.6 is 0 Å². The second-order valence-electron chi connectivity index (χ2n) is 16.5. The van der Waals surface area contributed by atoms with E-state index < -0.39 is 86.4 Å². The predicted octanol–water partition coefficient (Wildman–Crippen LogP) is 2.49. The van der Waals surface area contributed by atoms with Crippen LogP contribution in [0.5, 0.6) is 0 Å². The number of ether oxygens (including phenoxy) is 3. The highest BCUT2D eigenvalue weighted by Gasteiger charge is 2.43. The summed E-state index contributed by atoms with van der Waals surface area (Å²) >= 11 is 0. The number of nitrogens with zero attached hydrogens (tertiary/aromatic N) is 3. The number of carbonyl (C=O) groups is 5. The highest BCUT2D eigenvalue weighted by atomic mass is 16.5. The second-order valence-corrected chi connectivity index (χ2v) is 16.5. The van der Waals surface area contributed by atoms with Gasteiger partial charge in [0, 0.05) is 40.7 Å². The number of hydrogen-bond donors (Lipinski definition) is 4. The Balaban J connectivity index is 2.36. The van der Waals surface area contributed by atoms with E-state index in [1.165, 1.54) is 14.2 Å². The van der Waals surface area contributed by atoms with Gasteiger partial charge in [0.15, 0.2) is 0 Å². The quantitative estimate of drug-likeness (QED) is 0.108. The third-order valence-electron chi connectivity index (χ3n) is 11.4. The number of carbonyl (C=O) groups excluding carboxylic acids is 5. The number of methoxy groups -OCH3 is 2. The number of rotatable bonds is 26. The van der Waals surface area contributed by atoms with Crippen LogP contribution in [0.15, 0.2) is 30.3 Å². The third kappa shape index (κ3) is 15.1. The Morgan fingerprint density at radius 1 is 0.932 bits per heavy atom. The lowest BCUT2D eigenvalue weighted by Crippen LogP contribution is -2.59. The molecule has 0 aliphatic carbocycles. The summed E-state index contributed by atoms with van der Waals surface area (Å²) in [5.41, 5.74) is 0.644. The van der Waals surface area contributed by atoms with Crippen LogP contribution < -0.4 is 16.0 Å². The lowest BCUT2D eigenvalue weighted by Gasteiger charge is -2.41. The van der Waals surface area contributed by atoms with Crippen LogP contribution in [0.1, 0.15) is 85.2 Å². The Labute approximate surface area is 359 Å². The van der Waals surface area contributed by atoms with Gasteiger partial charge in [-0.1, -0.05) is 85.2 Å². The maximum Gasteiger partial charge on any atom is 0.245 e. The fourth-order valence-electron chi connectivity index (χ4n) is 8.08.